The summed E-state index contributed by atoms with van der Waals surface area (Å²) in [6.07, 6.45) is 23.3. The van der Waals surface area contributed by atoms with Crippen molar-refractivity contribution in [3.8, 4) is 0 Å². The van der Waals surface area contributed by atoms with Gasteiger partial charge < -0.3 is 5.32 Å². The molecule has 0 aromatic heterocycles. The van der Waals surface area contributed by atoms with Gasteiger partial charge in [0, 0.05) is 0 Å². The Kier molecular flexibility index (Phi) is 6.52. The molecular formula is C37H63N. The second-order valence-corrected chi connectivity index (χ2v) is 17.8. The molecule has 0 aromatic rings. The summed E-state index contributed by atoms with van der Waals surface area (Å²) in [5, 5.41) is 3.72. The zero-order valence-electron chi connectivity index (χ0n) is 26.3. The molecule has 1 heteroatoms. The van der Waals surface area contributed by atoms with Gasteiger partial charge in [-0.1, -0.05) is 48.0 Å². The molecule has 0 aromatic carbocycles. The summed E-state index contributed by atoms with van der Waals surface area (Å²) < 4.78 is 0. The predicted molar refractivity (Wildman–Crippen MR) is 161 cm³/mol. The standard InChI is InChI=1S/C37H63N/c1-7-29(24(2)3)26-10-11-30-27(20-26)21-32-31-12-13-33-34(4,5)28(19-25-9-8-18-38-22-25)14-15-37(33)23-36(31,37)17-16-35(30,32)6/h24-33,38H,7-23H2,1-6H3. The highest BCUT2D eigenvalue weighted by Crippen LogP contribution is 2.87. The lowest BCUT2D eigenvalue weighted by molar-refractivity contribution is -0.114. The molecule has 1 nitrogen and oxygen atoms in total. The summed E-state index contributed by atoms with van der Waals surface area (Å²) >= 11 is 0. The minimum absolute atomic E-state index is 0.563. The quantitative estimate of drug-likeness (QED) is 0.379. The minimum atomic E-state index is 0.563. The van der Waals surface area contributed by atoms with Crippen LogP contribution in [0.15, 0.2) is 0 Å². The average molecular weight is 522 g/mol. The molecule has 0 radical (unpaired) electrons. The second kappa shape index (κ2) is 9.23. The maximum Gasteiger partial charge on any atom is -0.00204 e. The highest BCUT2D eigenvalue weighted by molar-refractivity contribution is 5.29. The Balaban J connectivity index is 1.09. The van der Waals surface area contributed by atoms with Crippen molar-refractivity contribution in [2.75, 3.05) is 13.1 Å². The van der Waals surface area contributed by atoms with Crippen LogP contribution in [-0.4, -0.2) is 13.1 Å². The number of piperidine rings is 1. The number of nitrogens with one attached hydrogen (secondary N) is 1. The number of hydrogen-bond acceptors (Lipinski definition) is 1. The van der Waals surface area contributed by atoms with E-state index in [1.54, 1.807) is 70.6 Å². The average Bonchev–Trinajstić information content (AvgIpc) is 3.47. The van der Waals surface area contributed by atoms with Gasteiger partial charge >= 0.3 is 0 Å². The first kappa shape index (κ1) is 26.8. The molecule has 0 amide bonds. The molecule has 1 heterocycles. The van der Waals surface area contributed by atoms with Crippen molar-refractivity contribution >= 4 is 0 Å². The highest BCUT2D eigenvalue weighted by Gasteiger charge is 2.80. The van der Waals surface area contributed by atoms with Gasteiger partial charge in [0.05, 0.1) is 0 Å². The molecule has 12 unspecified atom stereocenters. The summed E-state index contributed by atoms with van der Waals surface area (Å²) in [7, 11) is 0. The van der Waals surface area contributed by atoms with E-state index in [2.05, 4.69) is 46.9 Å². The van der Waals surface area contributed by atoms with E-state index in [0.717, 1.165) is 70.0 Å². The molecule has 1 N–H and O–H groups in total. The topological polar surface area (TPSA) is 12.0 Å². The van der Waals surface area contributed by atoms with Crippen LogP contribution in [0.1, 0.15) is 138 Å². The van der Waals surface area contributed by atoms with E-state index in [-0.39, 0.29) is 0 Å². The van der Waals surface area contributed by atoms with Crippen molar-refractivity contribution in [1.82, 2.24) is 5.32 Å². The van der Waals surface area contributed by atoms with Crippen molar-refractivity contribution < 1.29 is 0 Å². The third kappa shape index (κ3) is 3.63. The Bertz CT molecular complexity index is 883. The van der Waals surface area contributed by atoms with Crippen LogP contribution in [0.2, 0.25) is 0 Å². The van der Waals surface area contributed by atoms with Gasteiger partial charge in [0.15, 0.2) is 0 Å². The van der Waals surface area contributed by atoms with E-state index in [0.29, 0.717) is 10.8 Å². The van der Waals surface area contributed by atoms with Crippen LogP contribution in [0.5, 0.6) is 0 Å². The number of rotatable bonds is 5. The molecule has 7 aliphatic rings. The molecule has 2 spiro atoms. The largest absolute Gasteiger partial charge is 0.316 e. The van der Waals surface area contributed by atoms with E-state index in [1.165, 1.54) is 38.8 Å². The Labute approximate surface area is 236 Å². The fraction of sp³-hybridized carbons (Fsp3) is 1.00. The molecular weight excluding hydrogens is 458 g/mol. The van der Waals surface area contributed by atoms with E-state index >= 15 is 0 Å². The molecule has 6 saturated carbocycles. The molecule has 6 aliphatic carbocycles. The first-order valence-electron chi connectivity index (χ1n) is 17.9. The normalized spacial score (nSPS) is 53.8. The van der Waals surface area contributed by atoms with E-state index < -0.39 is 0 Å². The third-order valence-electron chi connectivity index (χ3n) is 16.3. The molecule has 7 rings (SSSR count). The van der Waals surface area contributed by atoms with Gasteiger partial charge in [-0.15, -0.1) is 0 Å². The number of hydrogen-bond donors (Lipinski definition) is 1. The van der Waals surface area contributed by atoms with Crippen molar-refractivity contribution in [3.05, 3.63) is 0 Å². The molecule has 38 heavy (non-hydrogen) atoms. The maximum atomic E-state index is 3.72. The minimum Gasteiger partial charge on any atom is -0.316 e. The van der Waals surface area contributed by atoms with E-state index in [4.69, 9.17) is 0 Å². The summed E-state index contributed by atoms with van der Waals surface area (Å²) in [5.41, 5.74) is 2.77. The summed E-state index contributed by atoms with van der Waals surface area (Å²) in [4.78, 5) is 0. The van der Waals surface area contributed by atoms with Crippen LogP contribution >= 0.6 is 0 Å². The van der Waals surface area contributed by atoms with Gasteiger partial charge in [-0.2, -0.15) is 0 Å². The Morgan fingerprint density at radius 2 is 1.63 bits per heavy atom. The van der Waals surface area contributed by atoms with Gasteiger partial charge in [-0.25, -0.2) is 0 Å². The zero-order valence-corrected chi connectivity index (χ0v) is 26.3. The van der Waals surface area contributed by atoms with Crippen molar-refractivity contribution in [3.63, 3.8) is 0 Å². The third-order valence-corrected chi connectivity index (χ3v) is 16.3. The first-order chi connectivity index (χ1) is 18.2. The lowest BCUT2D eigenvalue weighted by atomic mass is 9.44. The van der Waals surface area contributed by atoms with Crippen LogP contribution < -0.4 is 5.32 Å². The van der Waals surface area contributed by atoms with Gasteiger partial charge in [0.1, 0.15) is 0 Å². The Morgan fingerprint density at radius 1 is 0.816 bits per heavy atom. The summed E-state index contributed by atoms with van der Waals surface area (Å²) in [5.74, 6) is 10.1. The van der Waals surface area contributed by atoms with Gasteiger partial charge in [0.2, 0.25) is 0 Å². The van der Waals surface area contributed by atoms with Crippen molar-refractivity contribution in [1.29, 1.82) is 0 Å². The van der Waals surface area contributed by atoms with Crippen molar-refractivity contribution in [2.45, 2.75) is 138 Å². The summed E-state index contributed by atoms with van der Waals surface area (Å²) in [6, 6.07) is 0. The SMILES string of the molecule is CCC(C(C)C)C1CCC2C(C1)CC1C3CCC4C(C)(C)C(CC5CCCNC5)CCC45CC35CCC21C. The van der Waals surface area contributed by atoms with Crippen LogP contribution in [0.3, 0.4) is 0 Å². The molecule has 0 bridgehead atoms. The molecule has 216 valence electrons. The summed E-state index contributed by atoms with van der Waals surface area (Å²) in [6.45, 7) is 18.4. The second-order valence-electron chi connectivity index (χ2n) is 17.8. The highest BCUT2D eigenvalue weighted by atomic mass is 14.9. The van der Waals surface area contributed by atoms with Crippen molar-refractivity contribution in [2.24, 2.45) is 80.8 Å². The van der Waals surface area contributed by atoms with Gasteiger partial charge in [0.25, 0.3) is 0 Å². The van der Waals surface area contributed by atoms with Gasteiger partial charge in [-0.3, -0.25) is 0 Å². The lowest BCUT2D eigenvalue weighted by Crippen LogP contribution is -2.53. The lowest BCUT2D eigenvalue weighted by Gasteiger charge is -2.60. The fourth-order valence-electron chi connectivity index (χ4n) is 14.7. The van der Waals surface area contributed by atoms with Crippen LogP contribution in [0, 0.1) is 80.8 Å². The van der Waals surface area contributed by atoms with E-state index in [9.17, 15) is 0 Å². The maximum absolute atomic E-state index is 3.72. The predicted octanol–water partition coefficient (Wildman–Crippen LogP) is 9.75. The van der Waals surface area contributed by atoms with Gasteiger partial charge in [-0.05, 0) is 184 Å². The first-order valence-corrected chi connectivity index (χ1v) is 17.9. The monoisotopic (exact) mass is 521 g/mol. The molecule has 12 atom stereocenters. The molecule has 7 fully saturated rings. The fourth-order valence-corrected chi connectivity index (χ4v) is 14.7. The smallest absolute Gasteiger partial charge is 0.00204 e. The van der Waals surface area contributed by atoms with Crippen LogP contribution in [-0.2, 0) is 0 Å². The Hall–Kier alpha value is -0.0400. The van der Waals surface area contributed by atoms with Crippen LogP contribution in [0.25, 0.3) is 0 Å². The zero-order chi connectivity index (χ0) is 26.5. The molecule has 1 saturated heterocycles. The Morgan fingerprint density at radius 3 is 2.37 bits per heavy atom. The van der Waals surface area contributed by atoms with Crippen LogP contribution in [0.4, 0.5) is 0 Å². The number of fused-ring (bicyclic) bond motifs is 4. The molecule has 1 aliphatic heterocycles. The van der Waals surface area contributed by atoms with E-state index in [1.807, 2.05) is 0 Å².